The highest BCUT2D eigenvalue weighted by molar-refractivity contribution is 6.33. The summed E-state index contributed by atoms with van der Waals surface area (Å²) >= 11 is 6.18. The van der Waals surface area contributed by atoms with E-state index in [4.69, 9.17) is 22.4 Å². The molecule has 17 heavy (non-hydrogen) atoms. The van der Waals surface area contributed by atoms with Gasteiger partial charge in [-0.2, -0.15) is 0 Å². The van der Waals surface area contributed by atoms with Crippen LogP contribution >= 0.6 is 11.6 Å². The summed E-state index contributed by atoms with van der Waals surface area (Å²) in [5.74, 6) is 0. The van der Waals surface area contributed by atoms with Gasteiger partial charge in [0.05, 0.1) is 0 Å². The van der Waals surface area contributed by atoms with E-state index in [-0.39, 0.29) is 6.61 Å². The standard InChI is InChI=1S/C14H14ClNO/c15-14-6-1-10(7-8-17)9-13(14)11-2-4-12(16)5-3-11/h1-6,9,17H,7-8,16H2. The fourth-order valence-corrected chi connectivity index (χ4v) is 1.97. The molecular weight excluding hydrogens is 234 g/mol. The third-order valence-corrected chi connectivity index (χ3v) is 2.98. The molecule has 0 saturated carbocycles. The molecule has 0 bridgehead atoms. The summed E-state index contributed by atoms with van der Waals surface area (Å²) in [6.07, 6.45) is 0.638. The molecule has 0 aliphatic heterocycles. The number of benzene rings is 2. The maximum Gasteiger partial charge on any atom is 0.0484 e. The second-order valence-corrected chi connectivity index (χ2v) is 4.32. The molecule has 2 aromatic carbocycles. The van der Waals surface area contributed by atoms with Gasteiger partial charge in [0, 0.05) is 22.9 Å². The fourth-order valence-electron chi connectivity index (χ4n) is 1.74. The first-order valence-corrected chi connectivity index (χ1v) is 5.83. The van der Waals surface area contributed by atoms with Gasteiger partial charge in [0.1, 0.15) is 0 Å². The van der Waals surface area contributed by atoms with Crippen molar-refractivity contribution in [2.75, 3.05) is 12.3 Å². The second-order valence-electron chi connectivity index (χ2n) is 3.91. The van der Waals surface area contributed by atoms with Crippen molar-refractivity contribution in [2.45, 2.75) is 6.42 Å². The molecule has 0 unspecified atom stereocenters. The van der Waals surface area contributed by atoms with Gasteiger partial charge < -0.3 is 10.8 Å². The number of anilines is 1. The summed E-state index contributed by atoms with van der Waals surface area (Å²) in [4.78, 5) is 0. The van der Waals surface area contributed by atoms with E-state index >= 15 is 0 Å². The summed E-state index contributed by atoms with van der Waals surface area (Å²) in [5.41, 5.74) is 9.46. The molecule has 0 aromatic heterocycles. The molecule has 0 fully saturated rings. The third kappa shape index (κ3) is 2.78. The topological polar surface area (TPSA) is 46.2 Å². The molecule has 0 atom stereocenters. The minimum Gasteiger partial charge on any atom is -0.399 e. The van der Waals surface area contributed by atoms with Crippen LogP contribution in [0.15, 0.2) is 42.5 Å². The Labute approximate surface area is 106 Å². The first-order valence-electron chi connectivity index (χ1n) is 5.46. The van der Waals surface area contributed by atoms with Gasteiger partial charge in [0.25, 0.3) is 0 Å². The summed E-state index contributed by atoms with van der Waals surface area (Å²) in [6, 6.07) is 13.4. The smallest absolute Gasteiger partial charge is 0.0484 e. The lowest BCUT2D eigenvalue weighted by Gasteiger charge is -2.07. The molecule has 0 spiro atoms. The van der Waals surface area contributed by atoms with E-state index < -0.39 is 0 Å². The predicted octanol–water partition coefficient (Wildman–Crippen LogP) is 3.12. The van der Waals surface area contributed by atoms with Crippen molar-refractivity contribution in [3.63, 3.8) is 0 Å². The molecule has 0 radical (unpaired) electrons. The molecule has 88 valence electrons. The van der Waals surface area contributed by atoms with Crippen molar-refractivity contribution < 1.29 is 5.11 Å². The number of aliphatic hydroxyl groups excluding tert-OH is 1. The Hall–Kier alpha value is -1.51. The van der Waals surface area contributed by atoms with Crippen molar-refractivity contribution in [1.29, 1.82) is 0 Å². The lowest BCUT2D eigenvalue weighted by molar-refractivity contribution is 0.299. The zero-order chi connectivity index (χ0) is 12.3. The van der Waals surface area contributed by atoms with E-state index in [1.165, 1.54) is 0 Å². The number of rotatable bonds is 3. The molecular formula is C14H14ClNO. The number of aliphatic hydroxyl groups is 1. The van der Waals surface area contributed by atoms with Gasteiger partial charge in [-0.25, -0.2) is 0 Å². The third-order valence-electron chi connectivity index (χ3n) is 2.65. The van der Waals surface area contributed by atoms with Crippen LogP contribution < -0.4 is 5.73 Å². The van der Waals surface area contributed by atoms with E-state index in [0.29, 0.717) is 11.4 Å². The molecule has 2 aromatic rings. The number of nitrogen functional groups attached to an aromatic ring is 1. The second kappa shape index (κ2) is 5.21. The summed E-state index contributed by atoms with van der Waals surface area (Å²) < 4.78 is 0. The Bertz CT molecular complexity index is 508. The maximum atomic E-state index is 8.94. The highest BCUT2D eigenvalue weighted by Crippen LogP contribution is 2.29. The number of hydrogen-bond donors (Lipinski definition) is 2. The van der Waals surface area contributed by atoms with Crippen LogP contribution in [0, 0.1) is 0 Å². The summed E-state index contributed by atoms with van der Waals surface area (Å²) in [6.45, 7) is 0.142. The SMILES string of the molecule is Nc1ccc(-c2cc(CCO)ccc2Cl)cc1. The van der Waals surface area contributed by atoms with Crippen molar-refractivity contribution in [1.82, 2.24) is 0 Å². The lowest BCUT2D eigenvalue weighted by atomic mass is 10.0. The van der Waals surface area contributed by atoms with Crippen LogP contribution in [0.4, 0.5) is 5.69 Å². The van der Waals surface area contributed by atoms with E-state index in [0.717, 1.165) is 22.4 Å². The van der Waals surface area contributed by atoms with E-state index in [2.05, 4.69) is 0 Å². The molecule has 3 heteroatoms. The quantitative estimate of drug-likeness (QED) is 0.819. The van der Waals surface area contributed by atoms with Crippen molar-refractivity contribution in [2.24, 2.45) is 0 Å². The van der Waals surface area contributed by atoms with Crippen molar-refractivity contribution >= 4 is 17.3 Å². The van der Waals surface area contributed by atoms with Gasteiger partial charge >= 0.3 is 0 Å². The molecule has 2 nitrogen and oxygen atoms in total. The van der Waals surface area contributed by atoms with Crippen LogP contribution in [0.3, 0.4) is 0 Å². The van der Waals surface area contributed by atoms with Gasteiger partial charge in [0.15, 0.2) is 0 Å². The number of hydrogen-bond acceptors (Lipinski definition) is 2. The first-order chi connectivity index (χ1) is 8.20. The Morgan fingerprint density at radius 3 is 2.41 bits per heavy atom. The molecule has 0 saturated heterocycles. The monoisotopic (exact) mass is 247 g/mol. The molecule has 0 amide bonds. The average molecular weight is 248 g/mol. The highest BCUT2D eigenvalue weighted by Gasteiger charge is 2.04. The first kappa shape index (κ1) is 12.0. The Morgan fingerprint density at radius 1 is 1.06 bits per heavy atom. The van der Waals surface area contributed by atoms with Crippen molar-refractivity contribution in [3.05, 3.63) is 53.1 Å². The number of halogens is 1. The fraction of sp³-hybridized carbons (Fsp3) is 0.143. The minimum atomic E-state index is 0.142. The highest BCUT2D eigenvalue weighted by atomic mass is 35.5. The molecule has 2 rings (SSSR count). The Kier molecular flexibility index (Phi) is 3.67. The molecule has 3 N–H and O–H groups in total. The summed E-state index contributed by atoms with van der Waals surface area (Å²) in [7, 11) is 0. The predicted molar refractivity (Wildman–Crippen MR) is 72.1 cm³/mol. The zero-order valence-corrected chi connectivity index (χ0v) is 10.1. The van der Waals surface area contributed by atoms with E-state index in [1.807, 2.05) is 42.5 Å². The Balaban J connectivity index is 2.42. The minimum absolute atomic E-state index is 0.142. The van der Waals surface area contributed by atoms with Crippen LogP contribution in [0.5, 0.6) is 0 Å². The van der Waals surface area contributed by atoms with Gasteiger partial charge in [-0.1, -0.05) is 29.8 Å². The van der Waals surface area contributed by atoms with Crippen molar-refractivity contribution in [3.8, 4) is 11.1 Å². The van der Waals surface area contributed by atoms with Gasteiger partial charge in [-0.05, 0) is 41.8 Å². The molecule has 0 aliphatic carbocycles. The molecule has 0 heterocycles. The lowest BCUT2D eigenvalue weighted by Crippen LogP contribution is -1.91. The Morgan fingerprint density at radius 2 is 1.76 bits per heavy atom. The largest absolute Gasteiger partial charge is 0.399 e. The van der Waals surface area contributed by atoms with Gasteiger partial charge in [-0.3, -0.25) is 0 Å². The zero-order valence-electron chi connectivity index (χ0n) is 9.36. The molecule has 0 aliphatic rings. The van der Waals surface area contributed by atoms with Crippen LogP contribution in [0.1, 0.15) is 5.56 Å². The van der Waals surface area contributed by atoms with Gasteiger partial charge in [-0.15, -0.1) is 0 Å². The van der Waals surface area contributed by atoms with Crippen LogP contribution in [0.25, 0.3) is 11.1 Å². The van der Waals surface area contributed by atoms with E-state index in [1.54, 1.807) is 0 Å². The average Bonchev–Trinajstić information content (AvgIpc) is 2.33. The van der Waals surface area contributed by atoms with Crippen LogP contribution in [-0.2, 0) is 6.42 Å². The van der Waals surface area contributed by atoms with E-state index in [9.17, 15) is 0 Å². The van der Waals surface area contributed by atoms with Gasteiger partial charge in [0.2, 0.25) is 0 Å². The van der Waals surface area contributed by atoms with Crippen LogP contribution in [-0.4, -0.2) is 11.7 Å². The summed E-state index contributed by atoms with van der Waals surface area (Å²) in [5, 5.41) is 9.64. The number of nitrogens with two attached hydrogens (primary N) is 1. The maximum absolute atomic E-state index is 8.94. The normalized spacial score (nSPS) is 10.5. The van der Waals surface area contributed by atoms with Crippen LogP contribution in [0.2, 0.25) is 5.02 Å².